The number of hydrogen-bond donors (Lipinski definition) is 1. The maximum atomic E-state index is 12.0. The molecule has 2 aromatic heterocycles. The molecule has 0 aliphatic heterocycles. The van der Waals surface area contributed by atoms with Crippen LogP contribution in [0.3, 0.4) is 0 Å². The van der Waals surface area contributed by atoms with Crippen LogP contribution in [-0.2, 0) is 17.8 Å². The van der Waals surface area contributed by atoms with Crippen LogP contribution in [-0.4, -0.2) is 22.2 Å². The summed E-state index contributed by atoms with van der Waals surface area (Å²) in [6, 6.07) is 8.29. The van der Waals surface area contributed by atoms with Gasteiger partial charge in [-0.05, 0) is 43.9 Å². The SMILES string of the molecule is Cc1noc(C)c1CCC(=O)NCCn1ccc2ccc(Br)cc21. The fraction of sp³-hybridized carbons (Fsp3) is 0.333. The molecule has 3 rings (SSSR count). The van der Waals surface area contributed by atoms with Gasteiger partial charge in [0.1, 0.15) is 5.76 Å². The van der Waals surface area contributed by atoms with Crippen LogP contribution in [0.15, 0.2) is 39.5 Å². The fourth-order valence-corrected chi connectivity index (χ4v) is 3.20. The minimum atomic E-state index is 0.0487. The van der Waals surface area contributed by atoms with Crippen molar-refractivity contribution in [2.24, 2.45) is 0 Å². The second-order valence-corrected chi connectivity index (χ2v) is 6.78. The molecular weight excluding hydrogens is 370 g/mol. The molecule has 0 atom stereocenters. The summed E-state index contributed by atoms with van der Waals surface area (Å²) < 4.78 is 8.32. The number of aromatic nitrogens is 2. The van der Waals surface area contributed by atoms with Crippen LogP contribution < -0.4 is 5.32 Å². The van der Waals surface area contributed by atoms with Crippen molar-refractivity contribution in [1.29, 1.82) is 0 Å². The van der Waals surface area contributed by atoms with Gasteiger partial charge in [-0.15, -0.1) is 0 Å². The van der Waals surface area contributed by atoms with Gasteiger partial charge in [0.05, 0.1) is 5.69 Å². The van der Waals surface area contributed by atoms with Gasteiger partial charge in [0.2, 0.25) is 5.91 Å². The molecule has 0 aliphatic carbocycles. The average molecular weight is 390 g/mol. The molecule has 0 spiro atoms. The van der Waals surface area contributed by atoms with Crippen LogP contribution in [0.1, 0.15) is 23.4 Å². The van der Waals surface area contributed by atoms with E-state index in [2.05, 4.69) is 49.2 Å². The van der Waals surface area contributed by atoms with Gasteiger partial charge in [0.25, 0.3) is 0 Å². The smallest absolute Gasteiger partial charge is 0.220 e. The normalized spacial score (nSPS) is 11.1. The van der Waals surface area contributed by atoms with Crippen molar-refractivity contribution >= 4 is 32.7 Å². The molecule has 2 heterocycles. The highest BCUT2D eigenvalue weighted by molar-refractivity contribution is 9.10. The summed E-state index contributed by atoms with van der Waals surface area (Å²) in [6.45, 7) is 5.13. The second kappa shape index (κ2) is 7.21. The van der Waals surface area contributed by atoms with E-state index < -0.39 is 0 Å². The molecule has 0 unspecified atom stereocenters. The van der Waals surface area contributed by atoms with Crippen LogP contribution >= 0.6 is 15.9 Å². The largest absolute Gasteiger partial charge is 0.361 e. The molecule has 6 heteroatoms. The summed E-state index contributed by atoms with van der Waals surface area (Å²) in [6.07, 6.45) is 3.15. The van der Waals surface area contributed by atoms with Gasteiger partial charge in [0.15, 0.2) is 0 Å². The van der Waals surface area contributed by atoms with Gasteiger partial charge < -0.3 is 14.4 Å². The molecule has 0 radical (unpaired) electrons. The summed E-state index contributed by atoms with van der Waals surface area (Å²) in [5.74, 6) is 0.845. The van der Waals surface area contributed by atoms with E-state index in [0.29, 0.717) is 19.4 Å². The Morgan fingerprint density at radius 1 is 1.33 bits per heavy atom. The van der Waals surface area contributed by atoms with Crippen LogP contribution in [0.2, 0.25) is 0 Å². The van der Waals surface area contributed by atoms with Crippen molar-refractivity contribution in [3.63, 3.8) is 0 Å². The first-order chi connectivity index (χ1) is 11.5. The molecule has 1 N–H and O–H groups in total. The van der Waals surface area contributed by atoms with E-state index >= 15 is 0 Å². The van der Waals surface area contributed by atoms with Gasteiger partial charge in [-0.1, -0.05) is 27.2 Å². The van der Waals surface area contributed by atoms with E-state index in [0.717, 1.165) is 33.6 Å². The Morgan fingerprint density at radius 2 is 2.17 bits per heavy atom. The third kappa shape index (κ3) is 3.70. The lowest BCUT2D eigenvalue weighted by Crippen LogP contribution is -2.27. The van der Waals surface area contributed by atoms with Crippen LogP contribution in [0, 0.1) is 13.8 Å². The number of carbonyl (C=O) groups is 1. The lowest BCUT2D eigenvalue weighted by Gasteiger charge is -2.08. The zero-order chi connectivity index (χ0) is 17.1. The number of aryl methyl sites for hydroxylation is 2. The van der Waals surface area contributed by atoms with Gasteiger partial charge >= 0.3 is 0 Å². The van der Waals surface area contributed by atoms with E-state index in [9.17, 15) is 4.79 Å². The number of halogens is 1. The topological polar surface area (TPSA) is 60.1 Å². The maximum absolute atomic E-state index is 12.0. The molecule has 1 amide bonds. The van der Waals surface area contributed by atoms with Crippen molar-refractivity contribution in [3.05, 3.63) is 52.0 Å². The third-order valence-electron chi connectivity index (χ3n) is 4.19. The first-order valence-corrected chi connectivity index (χ1v) is 8.77. The van der Waals surface area contributed by atoms with Gasteiger partial charge in [0, 0.05) is 41.3 Å². The Morgan fingerprint density at radius 3 is 2.92 bits per heavy atom. The Bertz CT molecular complexity index is 847. The summed E-state index contributed by atoms with van der Waals surface area (Å²) in [4.78, 5) is 12.0. The first-order valence-electron chi connectivity index (χ1n) is 7.97. The number of nitrogens with zero attached hydrogens (tertiary/aromatic N) is 2. The number of benzene rings is 1. The zero-order valence-electron chi connectivity index (χ0n) is 13.8. The number of carbonyl (C=O) groups excluding carboxylic acids is 1. The van der Waals surface area contributed by atoms with Crippen LogP contribution in [0.4, 0.5) is 0 Å². The quantitative estimate of drug-likeness (QED) is 0.697. The monoisotopic (exact) mass is 389 g/mol. The number of nitrogens with one attached hydrogen (secondary N) is 1. The highest BCUT2D eigenvalue weighted by Gasteiger charge is 2.11. The number of amides is 1. The van der Waals surface area contributed by atoms with Gasteiger partial charge in [-0.25, -0.2) is 0 Å². The Hall–Kier alpha value is -2.08. The van der Waals surface area contributed by atoms with Crippen molar-refractivity contribution < 1.29 is 9.32 Å². The van der Waals surface area contributed by atoms with Crippen molar-refractivity contribution in [1.82, 2.24) is 15.0 Å². The molecule has 3 aromatic rings. The minimum absolute atomic E-state index is 0.0487. The molecule has 126 valence electrons. The van der Waals surface area contributed by atoms with E-state index in [1.807, 2.05) is 26.1 Å². The molecule has 0 saturated carbocycles. The number of rotatable bonds is 6. The van der Waals surface area contributed by atoms with E-state index in [1.165, 1.54) is 5.39 Å². The molecule has 0 fully saturated rings. The molecular formula is C18H20BrN3O2. The maximum Gasteiger partial charge on any atom is 0.220 e. The van der Waals surface area contributed by atoms with Crippen LogP contribution in [0.5, 0.6) is 0 Å². The summed E-state index contributed by atoms with van der Waals surface area (Å²) in [5, 5.41) is 8.09. The zero-order valence-corrected chi connectivity index (χ0v) is 15.4. The lowest BCUT2D eigenvalue weighted by atomic mass is 10.1. The Labute approximate surface area is 149 Å². The average Bonchev–Trinajstić information content (AvgIpc) is 3.09. The lowest BCUT2D eigenvalue weighted by molar-refractivity contribution is -0.121. The molecule has 1 aromatic carbocycles. The fourth-order valence-electron chi connectivity index (χ4n) is 2.85. The van der Waals surface area contributed by atoms with Crippen molar-refractivity contribution in [2.75, 3.05) is 6.54 Å². The van der Waals surface area contributed by atoms with Gasteiger partial charge in [-0.3, -0.25) is 4.79 Å². The third-order valence-corrected chi connectivity index (χ3v) is 4.69. The van der Waals surface area contributed by atoms with Crippen LogP contribution in [0.25, 0.3) is 10.9 Å². The minimum Gasteiger partial charge on any atom is -0.361 e. The summed E-state index contributed by atoms with van der Waals surface area (Å²) in [7, 11) is 0. The standard InChI is InChI=1S/C18H20BrN3O2/c1-12-16(13(2)24-21-12)5-6-18(23)20-8-10-22-9-7-14-3-4-15(19)11-17(14)22/h3-4,7,9,11H,5-6,8,10H2,1-2H3,(H,20,23). The van der Waals surface area contributed by atoms with Crippen molar-refractivity contribution in [2.45, 2.75) is 33.2 Å². The number of fused-ring (bicyclic) bond motifs is 1. The highest BCUT2D eigenvalue weighted by atomic mass is 79.9. The highest BCUT2D eigenvalue weighted by Crippen LogP contribution is 2.20. The molecule has 0 saturated heterocycles. The number of hydrogen-bond acceptors (Lipinski definition) is 3. The second-order valence-electron chi connectivity index (χ2n) is 5.86. The van der Waals surface area contributed by atoms with E-state index in [4.69, 9.17) is 4.52 Å². The predicted octanol–water partition coefficient (Wildman–Crippen LogP) is 3.76. The molecule has 5 nitrogen and oxygen atoms in total. The molecule has 0 aliphatic rings. The summed E-state index contributed by atoms with van der Waals surface area (Å²) >= 11 is 3.50. The Balaban J connectivity index is 1.50. The summed E-state index contributed by atoms with van der Waals surface area (Å²) in [5.41, 5.74) is 3.06. The van der Waals surface area contributed by atoms with Gasteiger partial charge in [-0.2, -0.15) is 0 Å². The van der Waals surface area contributed by atoms with E-state index in [1.54, 1.807) is 0 Å². The molecule has 0 bridgehead atoms. The van der Waals surface area contributed by atoms with Crippen molar-refractivity contribution in [3.8, 4) is 0 Å². The first kappa shape index (κ1) is 16.8. The molecule has 24 heavy (non-hydrogen) atoms. The predicted molar refractivity (Wildman–Crippen MR) is 96.9 cm³/mol. The van der Waals surface area contributed by atoms with E-state index in [-0.39, 0.29) is 5.91 Å². The Kier molecular flexibility index (Phi) is 5.04.